The predicted molar refractivity (Wildman–Crippen MR) is 155 cm³/mol. The summed E-state index contributed by atoms with van der Waals surface area (Å²) < 4.78 is 0. The van der Waals surface area contributed by atoms with Crippen molar-refractivity contribution in [3.63, 3.8) is 0 Å². The van der Waals surface area contributed by atoms with Crippen LogP contribution < -0.4 is 16.0 Å². The van der Waals surface area contributed by atoms with Gasteiger partial charge in [-0.1, -0.05) is 115 Å². The summed E-state index contributed by atoms with van der Waals surface area (Å²) in [6, 6.07) is 32.4. The van der Waals surface area contributed by atoms with Gasteiger partial charge in [0, 0.05) is 33.2 Å². The second-order valence-corrected chi connectivity index (χ2v) is 10.1. The Hall–Kier alpha value is -4.75. The molecule has 1 radical (unpaired) electrons. The normalized spacial score (nSPS) is 20.7. The summed E-state index contributed by atoms with van der Waals surface area (Å²) in [6.45, 7) is 0. The van der Waals surface area contributed by atoms with E-state index in [1.807, 2.05) is 72.8 Å². The first-order chi connectivity index (χ1) is 19.8. The van der Waals surface area contributed by atoms with E-state index in [2.05, 4.69) is 30.3 Å². The molecule has 8 heteroatoms. The Kier molecular flexibility index (Phi) is 5.37. The average Bonchev–Trinajstić information content (AvgIpc) is 3.73. The summed E-state index contributed by atoms with van der Waals surface area (Å²) in [4.78, 5) is 29.9. The van der Waals surface area contributed by atoms with Gasteiger partial charge in [-0.25, -0.2) is 9.98 Å². The molecule has 7 nitrogen and oxygen atoms in total. The van der Waals surface area contributed by atoms with E-state index in [1.54, 1.807) is 0 Å². The number of hydrogen-bond acceptors (Lipinski definition) is 5. The molecule has 4 aliphatic heterocycles. The summed E-state index contributed by atoms with van der Waals surface area (Å²) >= 11 is 0. The Morgan fingerprint density at radius 2 is 1.05 bits per heavy atom. The minimum atomic E-state index is -0.383. The van der Waals surface area contributed by atoms with Crippen molar-refractivity contribution in [2.75, 3.05) is 0 Å². The van der Waals surface area contributed by atoms with Crippen LogP contribution >= 0.6 is 0 Å². The second kappa shape index (κ2) is 9.14. The maximum Gasteiger partial charge on any atom is 2.00 e. The maximum absolute atomic E-state index is 5.15. The van der Waals surface area contributed by atoms with Gasteiger partial charge in [0.15, 0.2) is 5.84 Å². The van der Waals surface area contributed by atoms with E-state index in [0.717, 1.165) is 49.9 Å². The average molecular weight is 577 g/mol. The molecular formula is C33H19CuN7. The largest absolute Gasteiger partial charge is 2.00 e. The van der Waals surface area contributed by atoms with Gasteiger partial charge in [-0.05, 0) is 22.5 Å². The van der Waals surface area contributed by atoms with Gasteiger partial charge >= 0.3 is 17.1 Å². The number of rotatable bonds is 0. The minimum absolute atomic E-state index is 0. The van der Waals surface area contributed by atoms with Crippen LogP contribution in [0.1, 0.15) is 45.6 Å². The van der Waals surface area contributed by atoms with E-state index in [9.17, 15) is 0 Å². The van der Waals surface area contributed by atoms with Crippen LogP contribution in [0.4, 0.5) is 0 Å². The molecule has 197 valence electrons. The van der Waals surface area contributed by atoms with Crippen molar-refractivity contribution in [1.29, 1.82) is 0 Å². The molecule has 0 spiro atoms. The van der Waals surface area contributed by atoms with Crippen molar-refractivity contribution in [1.82, 2.24) is 4.98 Å². The molecule has 4 aliphatic rings. The van der Waals surface area contributed by atoms with Gasteiger partial charge in [0.1, 0.15) is 0 Å². The molecule has 0 N–H and O–H groups in total. The fourth-order valence-corrected chi connectivity index (χ4v) is 5.92. The van der Waals surface area contributed by atoms with Crippen LogP contribution in [0.25, 0.3) is 21.8 Å². The summed E-state index contributed by atoms with van der Waals surface area (Å²) in [5.41, 5.74) is 8.11. The molecule has 0 amide bonds. The zero-order valence-corrected chi connectivity index (χ0v) is 22.3. The van der Waals surface area contributed by atoms with E-state index in [4.69, 9.17) is 35.3 Å². The number of nitrogens with zero attached hydrogens (tertiary/aromatic N) is 7. The molecule has 8 bridgehead atoms. The SMILES string of the molecule is C1=C2\N=C(N=c3[n-]c(c4ccccc34)=NC3=NC(=NC4[N-]C/1c1ccccc14)c1ccccc13)c1ccccc12.[Cu+2]. The fraction of sp³-hybridized carbons (Fsp3) is 0.0606. The molecule has 0 fully saturated rings. The van der Waals surface area contributed by atoms with Crippen molar-refractivity contribution >= 4 is 34.0 Å². The molecule has 0 saturated heterocycles. The predicted octanol–water partition coefficient (Wildman–Crippen LogP) is 5.18. The molecule has 0 aliphatic carbocycles. The zero-order chi connectivity index (χ0) is 26.2. The molecule has 0 saturated carbocycles. The quantitative estimate of drug-likeness (QED) is 0.233. The van der Waals surface area contributed by atoms with E-state index in [0.29, 0.717) is 28.5 Å². The molecule has 9 rings (SSSR count). The number of fused-ring (bicyclic) bond motifs is 18. The molecule has 5 aromatic rings. The van der Waals surface area contributed by atoms with Gasteiger partial charge in [-0.2, -0.15) is 0 Å². The summed E-state index contributed by atoms with van der Waals surface area (Å²) in [7, 11) is 0. The molecule has 2 unspecified atom stereocenters. The van der Waals surface area contributed by atoms with Crippen LogP contribution in [-0.4, -0.2) is 17.5 Å². The van der Waals surface area contributed by atoms with Crippen molar-refractivity contribution in [2.24, 2.45) is 25.0 Å². The van der Waals surface area contributed by atoms with E-state index >= 15 is 0 Å². The van der Waals surface area contributed by atoms with Crippen molar-refractivity contribution in [2.45, 2.75) is 12.2 Å². The number of amidine groups is 3. The first-order valence-corrected chi connectivity index (χ1v) is 13.2. The van der Waals surface area contributed by atoms with Crippen LogP contribution in [0.2, 0.25) is 0 Å². The Morgan fingerprint density at radius 1 is 0.512 bits per heavy atom. The van der Waals surface area contributed by atoms with Crippen LogP contribution in [0.15, 0.2) is 128 Å². The standard InChI is InChI=1S/C33H19N7.Cu/c1-3-11-20-18(9-1)26-17-27-19-10-2-4-12-21(19)29(35-27)37-31-23-14-6-8-16-25(23)33(39-31)40-32-24-15-7-5-13-22(24)30(38-32)36-28(20)34-26;/h1-17,26,28H;/q-2;+2/b27-17-;. The summed E-state index contributed by atoms with van der Waals surface area (Å²) in [5, 5.41) is 6.99. The smallest absolute Gasteiger partial charge is 0.627 e. The number of benzene rings is 4. The first-order valence-electron chi connectivity index (χ1n) is 13.2. The van der Waals surface area contributed by atoms with Crippen molar-refractivity contribution in [3.8, 4) is 0 Å². The minimum Gasteiger partial charge on any atom is -0.627 e. The zero-order valence-electron chi connectivity index (χ0n) is 21.4. The van der Waals surface area contributed by atoms with Crippen LogP contribution in [0.5, 0.6) is 0 Å². The molecule has 2 atom stereocenters. The van der Waals surface area contributed by atoms with Gasteiger partial charge < -0.3 is 20.3 Å². The Labute approximate surface area is 245 Å². The van der Waals surface area contributed by atoms with E-state index in [-0.39, 0.29) is 29.3 Å². The fourth-order valence-electron chi connectivity index (χ4n) is 5.92. The third-order valence-corrected chi connectivity index (χ3v) is 7.79. The molecule has 1 aromatic heterocycles. The first kappa shape index (κ1) is 24.1. The van der Waals surface area contributed by atoms with Gasteiger partial charge in [0.05, 0.1) is 17.4 Å². The van der Waals surface area contributed by atoms with Crippen molar-refractivity contribution < 1.29 is 17.1 Å². The van der Waals surface area contributed by atoms with Crippen LogP contribution in [-0.2, 0) is 17.1 Å². The molecule has 5 heterocycles. The Morgan fingerprint density at radius 3 is 1.76 bits per heavy atom. The number of hydrogen-bond donors (Lipinski definition) is 0. The van der Waals surface area contributed by atoms with Gasteiger partial charge in [-0.3, -0.25) is 4.99 Å². The Bertz CT molecular complexity index is 2020. The second-order valence-electron chi connectivity index (χ2n) is 10.1. The van der Waals surface area contributed by atoms with Crippen LogP contribution in [0.3, 0.4) is 0 Å². The third kappa shape index (κ3) is 3.66. The van der Waals surface area contributed by atoms with Crippen LogP contribution in [0, 0.1) is 0 Å². The number of aliphatic imine (C=N–C) groups is 3. The van der Waals surface area contributed by atoms with Crippen molar-refractivity contribution in [3.05, 3.63) is 153 Å². The topological polar surface area (TPSA) is 90.0 Å². The summed E-state index contributed by atoms with van der Waals surface area (Å²) in [5.74, 6) is 1.85. The van der Waals surface area contributed by atoms with Gasteiger partial charge in [-0.15, -0.1) is 0 Å². The number of aromatic nitrogens is 1. The molecule has 4 aromatic carbocycles. The summed E-state index contributed by atoms with van der Waals surface area (Å²) in [6.07, 6.45) is 1.74. The van der Waals surface area contributed by atoms with Gasteiger partial charge in [0.2, 0.25) is 0 Å². The molecular weight excluding hydrogens is 558 g/mol. The monoisotopic (exact) mass is 576 g/mol. The van der Waals surface area contributed by atoms with Gasteiger partial charge in [0.25, 0.3) is 0 Å². The maximum atomic E-state index is 5.15. The Balaban J connectivity index is 0.00000256. The van der Waals surface area contributed by atoms with E-state index < -0.39 is 0 Å². The third-order valence-electron chi connectivity index (χ3n) is 7.79. The molecule has 41 heavy (non-hydrogen) atoms. The van der Waals surface area contributed by atoms with E-state index in [1.165, 1.54) is 0 Å².